The Morgan fingerprint density at radius 2 is 1.49 bits per heavy atom. The number of rotatable bonds is 5. The molecule has 9 N–H and O–H groups in total. The van der Waals surface area contributed by atoms with Gasteiger partial charge >= 0.3 is 0 Å². The SMILES string of the molecule is C[C@@H]1O[C@@H](Oc2cc(O)c3c(=O)cc(-c4ccc(O)cc4)oc3c2[C@@H]2O[C@@H](CO)[C@@H](O)[C@@H](O)[C@H]2O)[C@@H](O)[C@@H](O)[C@@H]1O. The van der Waals surface area contributed by atoms with Gasteiger partial charge in [-0.25, -0.2) is 0 Å². The summed E-state index contributed by atoms with van der Waals surface area (Å²) in [6, 6.07) is 7.63. The first-order chi connectivity index (χ1) is 19.4. The van der Waals surface area contributed by atoms with Gasteiger partial charge in [0.05, 0.1) is 18.3 Å². The molecule has 0 saturated carbocycles. The first-order valence-corrected chi connectivity index (χ1v) is 12.7. The van der Waals surface area contributed by atoms with E-state index >= 15 is 0 Å². The van der Waals surface area contributed by atoms with Crippen LogP contribution < -0.4 is 10.2 Å². The highest BCUT2D eigenvalue weighted by Crippen LogP contribution is 2.45. The largest absolute Gasteiger partial charge is 0.508 e. The summed E-state index contributed by atoms with van der Waals surface area (Å²) in [5.41, 5.74) is -1.04. The fourth-order valence-electron chi connectivity index (χ4n) is 5.02. The van der Waals surface area contributed by atoms with Crippen LogP contribution in [0, 0.1) is 0 Å². The van der Waals surface area contributed by atoms with Gasteiger partial charge in [-0.3, -0.25) is 4.79 Å². The molecular formula is C27H30O14. The molecule has 0 amide bonds. The third-order valence-electron chi connectivity index (χ3n) is 7.36. The van der Waals surface area contributed by atoms with Crippen molar-refractivity contribution in [3.05, 3.63) is 52.2 Å². The van der Waals surface area contributed by atoms with Gasteiger partial charge < -0.3 is 64.6 Å². The number of hydrogen-bond donors (Lipinski definition) is 9. The fourth-order valence-corrected chi connectivity index (χ4v) is 5.02. The van der Waals surface area contributed by atoms with Gasteiger partial charge in [-0.15, -0.1) is 0 Å². The summed E-state index contributed by atoms with van der Waals surface area (Å²) in [5, 5.41) is 92.5. The molecule has 5 rings (SSSR count). The second-order valence-corrected chi connectivity index (χ2v) is 10.1. The van der Waals surface area contributed by atoms with E-state index in [9.17, 15) is 50.8 Å². The van der Waals surface area contributed by atoms with E-state index in [0.29, 0.717) is 5.56 Å². The Hall–Kier alpha value is -3.31. The molecule has 10 atom stereocenters. The molecule has 2 aromatic carbocycles. The van der Waals surface area contributed by atoms with Crippen LogP contribution in [-0.2, 0) is 9.47 Å². The van der Waals surface area contributed by atoms with E-state index < -0.39 is 79.0 Å². The predicted molar refractivity (Wildman–Crippen MR) is 137 cm³/mol. The monoisotopic (exact) mass is 578 g/mol. The summed E-state index contributed by atoms with van der Waals surface area (Å²) in [7, 11) is 0. The van der Waals surface area contributed by atoms with Crippen molar-refractivity contribution in [3.63, 3.8) is 0 Å². The number of aromatic hydroxyl groups is 2. The van der Waals surface area contributed by atoms with Crippen molar-refractivity contribution in [2.24, 2.45) is 0 Å². The van der Waals surface area contributed by atoms with Gasteiger partial charge in [0.25, 0.3) is 0 Å². The molecule has 14 heteroatoms. The molecule has 0 spiro atoms. The highest BCUT2D eigenvalue weighted by molar-refractivity contribution is 5.89. The molecule has 3 aromatic rings. The summed E-state index contributed by atoms with van der Waals surface area (Å²) in [5.74, 6) is -1.12. The molecule has 2 aliphatic heterocycles. The lowest BCUT2D eigenvalue weighted by Crippen LogP contribution is -2.58. The lowest BCUT2D eigenvalue weighted by molar-refractivity contribution is -0.269. The molecule has 0 radical (unpaired) electrons. The van der Waals surface area contributed by atoms with Crippen molar-refractivity contribution in [1.82, 2.24) is 0 Å². The Balaban J connectivity index is 1.73. The predicted octanol–water partition coefficient (Wildman–Crippen LogP) is -1.41. The van der Waals surface area contributed by atoms with Gasteiger partial charge in [-0.1, -0.05) is 0 Å². The number of fused-ring (bicyclic) bond motifs is 1. The van der Waals surface area contributed by atoms with Crippen molar-refractivity contribution in [2.45, 2.75) is 68.1 Å². The Labute approximate surface area is 231 Å². The smallest absolute Gasteiger partial charge is 0.229 e. The molecule has 0 unspecified atom stereocenters. The van der Waals surface area contributed by atoms with Gasteiger partial charge in [0.15, 0.2) is 11.0 Å². The van der Waals surface area contributed by atoms with E-state index in [0.717, 1.165) is 12.1 Å². The van der Waals surface area contributed by atoms with E-state index in [4.69, 9.17) is 18.6 Å². The van der Waals surface area contributed by atoms with Crippen LogP contribution in [0.3, 0.4) is 0 Å². The highest BCUT2D eigenvalue weighted by Gasteiger charge is 2.48. The molecule has 2 fully saturated rings. The Morgan fingerprint density at radius 3 is 2.15 bits per heavy atom. The third-order valence-corrected chi connectivity index (χ3v) is 7.36. The molecular weight excluding hydrogens is 548 g/mol. The summed E-state index contributed by atoms with van der Waals surface area (Å²) in [6.07, 6.45) is -16.1. The van der Waals surface area contributed by atoms with Crippen LogP contribution in [0.1, 0.15) is 18.6 Å². The first kappa shape index (κ1) is 29.2. The summed E-state index contributed by atoms with van der Waals surface area (Å²) in [6.45, 7) is 0.637. The van der Waals surface area contributed by atoms with Crippen LogP contribution >= 0.6 is 0 Å². The maximum absolute atomic E-state index is 13.2. The summed E-state index contributed by atoms with van der Waals surface area (Å²) in [4.78, 5) is 13.2. The number of hydrogen-bond acceptors (Lipinski definition) is 14. The van der Waals surface area contributed by atoms with Gasteiger partial charge in [-0.2, -0.15) is 0 Å². The zero-order valence-electron chi connectivity index (χ0n) is 21.5. The Kier molecular flexibility index (Phi) is 7.95. The molecule has 41 heavy (non-hydrogen) atoms. The fraction of sp³-hybridized carbons (Fsp3) is 0.444. The molecule has 14 nitrogen and oxygen atoms in total. The molecule has 0 bridgehead atoms. The summed E-state index contributed by atoms with van der Waals surface area (Å²) >= 11 is 0. The number of phenols is 2. The van der Waals surface area contributed by atoms with Crippen molar-refractivity contribution in [1.29, 1.82) is 0 Å². The normalized spacial score (nSPS) is 34.0. The van der Waals surface area contributed by atoms with Crippen molar-refractivity contribution in [2.75, 3.05) is 6.61 Å². The number of benzene rings is 2. The van der Waals surface area contributed by atoms with Crippen molar-refractivity contribution >= 4 is 11.0 Å². The van der Waals surface area contributed by atoms with Crippen molar-refractivity contribution in [3.8, 4) is 28.6 Å². The second-order valence-electron chi connectivity index (χ2n) is 10.1. The van der Waals surface area contributed by atoms with E-state index in [-0.39, 0.29) is 33.8 Å². The quantitative estimate of drug-likeness (QED) is 0.169. The van der Waals surface area contributed by atoms with E-state index in [1.54, 1.807) is 0 Å². The van der Waals surface area contributed by atoms with Crippen LogP contribution in [0.15, 0.2) is 45.6 Å². The van der Waals surface area contributed by atoms with Crippen LogP contribution in [0.5, 0.6) is 17.2 Å². The lowest BCUT2D eigenvalue weighted by atomic mass is 9.89. The highest BCUT2D eigenvalue weighted by atomic mass is 16.7. The van der Waals surface area contributed by atoms with E-state index in [1.165, 1.54) is 31.2 Å². The molecule has 0 aliphatic carbocycles. The minimum Gasteiger partial charge on any atom is -0.508 e. The first-order valence-electron chi connectivity index (χ1n) is 12.7. The van der Waals surface area contributed by atoms with Gasteiger partial charge in [0, 0.05) is 17.7 Å². The third kappa shape index (κ3) is 5.14. The maximum Gasteiger partial charge on any atom is 0.229 e. The van der Waals surface area contributed by atoms with E-state index in [2.05, 4.69) is 0 Å². The Morgan fingerprint density at radius 1 is 0.829 bits per heavy atom. The number of aliphatic hydroxyl groups excluding tert-OH is 7. The van der Waals surface area contributed by atoms with Crippen molar-refractivity contribution < 1.29 is 64.6 Å². The number of aliphatic hydroxyl groups is 7. The summed E-state index contributed by atoms with van der Waals surface area (Å²) < 4.78 is 23.1. The second kappa shape index (κ2) is 11.2. The Bertz CT molecular complexity index is 1450. The average molecular weight is 579 g/mol. The molecule has 222 valence electrons. The zero-order valence-corrected chi connectivity index (χ0v) is 21.5. The van der Waals surface area contributed by atoms with Crippen LogP contribution in [0.4, 0.5) is 0 Å². The van der Waals surface area contributed by atoms with Crippen LogP contribution in [-0.4, -0.2) is 108 Å². The minimum atomic E-state index is -1.88. The maximum atomic E-state index is 13.2. The topological polar surface area (TPSA) is 240 Å². The molecule has 2 saturated heterocycles. The number of ether oxygens (including phenoxy) is 3. The number of phenolic OH excluding ortho intramolecular Hbond substituents is 2. The van der Waals surface area contributed by atoms with Gasteiger partial charge in [-0.05, 0) is 31.2 Å². The minimum absolute atomic E-state index is 0.0361. The standard InChI is InChI=1S/C27H30O14/c1-9-19(32)21(34)24(37)27(38-9)41-15-7-13(31)17-12(30)6-14(10-2-4-11(29)5-3-10)39-25(17)18(15)26-23(36)22(35)20(33)16(8-28)40-26/h2-7,9,16,19-24,26-29,31-37H,8H2,1H3/t9-,16-,19+,20+,21-,22+,23+,24-,26-,27-/m0/s1. The molecule has 2 aliphatic rings. The average Bonchev–Trinajstić information content (AvgIpc) is 2.94. The van der Waals surface area contributed by atoms with Crippen LogP contribution in [0.2, 0.25) is 0 Å². The van der Waals surface area contributed by atoms with Gasteiger partial charge in [0.1, 0.15) is 77.2 Å². The van der Waals surface area contributed by atoms with E-state index in [1.807, 2.05) is 0 Å². The zero-order chi connectivity index (χ0) is 29.7. The van der Waals surface area contributed by atoms with Gasteiger partial charge in [0.2, 0.25) is 6.29 Å². The lowest BCUT2D eigenvalue weighted by Gasteiger charge is -2.42. The molecule has 1 aromatic heterocycles. The molecule has 3 heterocycles. The van der Waals surface area contributed by atoms with Crippen LogP contribution in [0.25, 0.3) is 22.3 Å².